The SMILES string of the molecule is COCC(=N)N1CCOCC1. The Morgan fingerprint density at radius 1 is 1.55 bits per heavy atom. The first kappa shape index (κ1) is 8.49. The fourth-order valence-corrected chi connectivity index (χ4v) is 1.06. The maximum absolute atomic E-state index is 7.53. The Morgan fingerprint density at radius 3 is 2.73 bits per heavy atom. The molecule has 0 aromatic rings. The normalized spacial score (nSPS) is 18.5. The lowest BCUT2D eigenvalue weighted by atomic mass is 10.4. The van der Waals surface area contributed by atoms with Gasteiger partial charge in [-0.2, -0.15) is 0 Å². The van der Waals surface area contributed by atoms with Crippen molar-refractivity contribution in [1.29, 1.82) is 5.41 Å². The number of amidine groups is 1. The highest BCUT2D eigenvalue weighted by atomic mass is 16.5. The zero-order valence-corrected chi connectivity index (χ0v) is 6.80. The molecule has 0 unspecified atom stereocenters. The quantitative estimate of drug-likeness (QED) is 0.452. The molecule has 0 amide bonds. The summed E-state index contributed by atoms with van der Waals surface area (Å²) in [6.07, 6.45) is 0. The van der Waals surface area contributed by atoms with Crippen LogP contribution in [0.2, 0.25) is 0 Å². The zero-order chi connectivity index (χ0) is 8.10. The number of rotatable bonds is 2. The molecule has 0 spiro atoms. The van der Waals surface area contributed by atoms with Crippen LogP contribution in [0.25, 0.3) is 0 Å². The van der Waals surface area contributed by atoms with Gasteiger partial charge >= 0.3 is 0 Å². The van der Waals surface area contributed by atoms with Crippen molar-refractivity contribution >= 4 is 5.84 Å². The molecule has 0 bridgehead atoms. The van der Waals surface area contributed by atoms with Crippen molar-refractivity contribution in [3.05, 3.63) is 0 Å². The van der Waals surface area contributed by atoms with E-state index in [1.165, 1.54) is 0 Å². The lowest BCUT2D eigenvalue weighted by Gasteiger charge is -2.28. The Bertz CT molecular complexity index is 132. The largest absolute Gasteiger partial charge is 0.378 e. The average molecular weight is 158 g/mol. The predicted octanol–water partition coefficient (Wildman–Crippen LogP) is -0.0577. The van der Waals surface area contributed by atoms with Gasteiger partial charge in [0.2, 0.25) is 0 Å². The van der Waals surface area contributed by atoms with Gasteiger partial charge in [0.15, 0.2) is 0 Å². The lowest BCUT2D eigenvalue weighted by molar-refractivity contribution is 0.0642. The van der Waals surface area contributed by atoms with Crippen molar-refractivity contribution in [3.63, 3.8) is 0 Å². The van der Waals surface area contributed by atoms with Crippen LogP contribution in [0, 0.1) is 5.41 Å². The van der Waals surface area contributed by atoms with E-state index in [0.29, 0.717) is 12.4 Å². The topological polar surface area (TPSA) is 45.5 Å². The van der Waals surface area contributed by atoms with E-state index in [0.717, 1.165) is 26.3 Å². The van der Waals surface area contributed by atoms with E-state index < -0.39 is 0 Å². The molecule has 1 heterocycles. The monoisotopic (exact) mass is 158 g/mol. The van der Waals surface area contributed by atoms with Crippen molar-refractivity contribution < 1.29 is 9.47 Å². The molecule has 11 heavy (non-hydrogen) atoms. The Kier molecular flexibility index (Phi) is 3.32. The molecule has 0 saturated carbocycles. The van der Waals surface area contributed by atoms with Crippen LogP contribution in [-0.2, 0) is 9.47 Å². The van der Waals surface area contributed by atoms with Crippen LogP contribution in [-0.4, -0.2) is 50.8 Å². The van der Waals surface area contributed by atoms with Gasteiger partial charge in [-0.1, -0.05) is 0 Å². The molecule has 1 N–H and O–H groups in total. The number of morpholine rings is 1. The van der Waals surface area contributed by atoms with Gasteiger partial charge in [0, 0.05) is 20.2 Å². The predicted molar refractivity (Wildman–Crippen MR) is 42.0 cm³/mol. The fraction of sp³-hybridized carbons (Fsp3) is 0.857. The van der Waals surface area contributed by atoms with E-state index in [1.807, 2.05) is 4.90 Å². The van der Waals surface area contributed by atoms with E-state index >= 15 is 0 Å². The van der Waals surface area contributed by atoms with Gasteiger partial charge < -0.3 is 14.4 Å². The first-order valence-corrected chi connectivity index (χ1v) is 3.73. The molecule has 1 aliphatic rings. The number of nitrogens with one attached hydrogen (secondary N) is 1. The highest BCUT2D eigenvalue weighted by Crippen LogP contribution is 1.97. The molecule has 1 rings (SSSR count). The summed E-state index contributed by atoms with van der Waals surface area (Å²) in [6.45, 7) is 3.50. The first-order valence-electron chi connectivity index (χ1n) is 3.73. The standard InChI is InChI=1S/C7H14N2O2/c1-10-6-7(8)9-2-4-11-5-3-9/h8H,2-6H2,1H3. The molecule has 0 aromatic heterocycles. The molecule has 64 valence electrons. The van der Waals surface area contributed by atoms with Gasteiger partial charge in [0.1, 0.15) is 12.4 Å². The number of nitrogens with zero attached hydrogens (tertiary/aromatic N) is 1. The smallest absolute Gasteiger partial charge is 0.122 e. The number of hydrogen-bond donors (Lipinski definition) is 1. The average Bonchev–Trinajstić information content (AvgIpc) is 2.07. The molecule has 0 aliphatic carbocycles. The molecular weight excluding hydrogens is 144 g/mol. The lowest BCUT2D eigenvalue weighted by Crippen LogP contribution is -2.41. The third-order valence-corrected chi connectivity index (χ3v) is 1.67. The summed E-state index contributed by atoms with van der Waals surface area (Å²) >= 11 is 0. The van der Waals surface area contributed by atoms with Crippen molar-refractivity contribution in [3.8, 4) is 0 Å². The Morgan fingerprint density at radius 2 is 2.18 bits per heavy atom. The molecule has 1 aliphatic heterocycles. The second-order valence-electron chi connectivity index (χ2n) is 2.48. The Labute approximate surface area is 66.6 Å². The van der Waals surface area contributed by atoms with Crippen LogP contribution in [0.15, 0.2) is 0 Å². The highest BCUT2D eigenvalue weighted by Gasteiger charge is 2.12. The second kappa shape index (κ2) is 4.31. The molecule has 0 atom stereocenters. The summed E-state index contributed by atoms with van der Waals surface area (Å²) in [5.74, 6) is 0.552. The van der Waals surface area contributed by atoms with Crippen LogP contribution >= 0.6 is 0 Å². The van der Waals surface area contributed by atoms with Gasteiger partial charge in [-0.3, -0.25) is 5.41 Å². The van der Waals surface area contributed by atoms with Crippen LogP contribution in [0.5, 0.6) is 0 Å². The second-order valence-corrected chi connectivity index (χ2v) is 2.48. The minimum Gasteiger partial charge on any atom is -0.378 e. The molecule has 4 heteroatoms. The Hall–Kier alpha value is -0.610. The molecule has 4 nitrogen and oxygen atoms in total. The number of methoxy groups -OCH3 is 1. The van der Waals surface area contributed by atoms with E-state index in [-0.39, 0.29) is 0 Å². The van der Waals surface area contributed by atoms with E-state index in [9.17, 15) is 0 Å². The summed E-state index contributed by atoms with van der Waals surface area (Å²) in [6, 6.07) is 0. The van der Waals surface area contributed by atoms with Crippen molar-refractivity contribution in [2.75, 3.05) is 40.0 Å². The number of ether oxygens (including phenoxy) is 2. The molecule has 0 radical (unpaired) electrons. The van der Waals surface area contributed by atoms with E-state index in [1.54, 1.807) is 7.11 Å². The minimum absolute atomic E-state index is 0.403. The van der Waals surface area contributed by atoms with Crippen LogP contribution in [0.3, 0.4) is 0 Å². The maximum Gasteiger partial charge on any atom is 0.122 e. The van der Waals surface area contributed by atoms with E-state index in [4.69, 9.17) is 14.9 Å². The first-order chi connectivity index (χ1) is 5.34. The summed E-state index contributed by atoms with van der Waals surface area (Å²) in [5, 5.41) is 7.53. The summed E-state index contributed by atoms with van der Waals surface area (Å²) in [5.41, 5.74) is 0. The van der Waals surface area contributed by atoms with Crippen molar-refractivity contribution in [2.45, 2.75) is 0 Å². The van der Waals surface area contributed by atoms with Crippen molar-refractivity contribution in [1.82, 2.24) is 4.90 Å². The van der Waals surface area contributed by atoms with Crippen molar-refractivity contribution in [2.24, 2.45) is 0 Å². The third-order valence-electron chi connectivity index (χ3n) is 1.67. The Balaban J connectivity index is 2.27. The fourth-order valence-electron chi connectivity index (χ4n) is 1.06. The summed E-state index contributed by atoms with van der Waals surface area (Å²) in [7, 11) is 1.61. The molecular formula is C7H14N2O2. The van der Waals surface area contributed by atoms with Gasteiger partial charge in [-0.25, -0.2) is 0 Å². The van der Waals surface area contributed by atoms with Crippen LogP contribution in [0.1, 0.15) is 0 Å². The van der Waals surface area contributed by atoms with E-state index in [2.05, 4.69) is 0 Å². The van der Waals surface area contributed by atoms with Crippen LogP contribution < -0.4 is 0 Å². The highest BCUT2D eigenvalue weighted by molar-refractivity contribution is 5.80. The molecule has 1 saturated heterocycles. The molecule has 0 aromatic carbocycles. The van der Waals surface area contributed by atoms with Gasteiger partial charge in [-0.15, -0.1) is 0 Å². The summed E-state index contributed by atoms with van der Waals surface area (Å²) in [4.78, 5) is 1.98. The maximum atomic E-state index is 7.53. The van der Waals surface area contributed by atoms with Gasteiger partial charge in [-0.05, 0) is 0 Å². The molecule has 1 fully saturated rings. The summed E-state index contributed by atoms with van der Waals surface area (Å²) < 4.78 is 10.00. The van der Waals surface area contributed by atoms with Crippen LogP contribution in [0.4, 0.5) is 0 Å². The van der Waals surface area contributed by atoms with Gasteiger partial charge in [0.25, 0.3) is 0 Å². The van der Waals surface area contributed by atoms with Gasteiger partial charge in [0.05, 0.1) is 13.2 Å². The zero-order valence-electron chi connectivity index (χ0n) is 6.80. The number of hydrogen-bond acceptors (Lipinski definition) is 3. The third kappa shape index (κ3) is 2.48. The minimum atomic E-state index is 0.403.